The molecule has 2 fully saturated rings. The number of morpholine rings is 1. The van der Waals surface area contributed by atoms with E-state index in [1.165, 1.54) is 18.5 Å². The molecule has 1 aliphatic heterocycles. The fourth-order valence-electron chi connectivity index (χ4n) is 4.88. The predicted octanol–water partition coefficient (Wildman–Crippen LogP) is 4.29. The monoisotopic (exact) mass is 383 g/mol. The van der Waals surface area contributed by atoms with Crippen LogP contribution in [-0.4, -0.2) is 49.8 Å². The second-order valence-corrected chi connectivity index (χ2v) is 8.82. The van der Waals surface area contributed by atoms with Gasteiger partial charge in [-0.25, -0.2) is 4.79 Å². The molecule has 5 heteroatoms. The highest BCUT2D eigenvalue weighted by Gasteiger charge is 2.37. The van der Waals surface area contributed by atoms with Crippen LogP contribution in [0.2, 0.25) is 0 Å². The van der Waals surface area contributed by atoms with Crippen molar-refractivity contribution in [2.45, 2.75) is 39.7 Å². The zero-order valence-corrected chi connectivity index (χ0v) is 17.4. The smallest absolute Gasteiger partial charge is 0.322 e. The number of nitrogens with zero attached hydrogens (tertiary/aromatic N) is 2. The number of aryl methyl sites for hydroxylation is 1. The van der Waals surface area contributed by atoms with E-state index in [0.717, 1.165) is 50.0 Å². The van der Waals surface area contributed by atoms with Crippen LogP contribution in [0.1, 0.15) is 32.3 Å². The van der Waals surface area contributed by atoms with Crippen LogP contribution < -0.4 is 10.2 Å². The molecule has 28 heavy (non-hydrogen) atoms. The number of carbonyl (C=O) groups excluding carboxylic acids is 1. The molecule has 0 radical (unpaired) electrons. The van der Waals surface area contributed by atoms with Crippen LogP contribution >= 0.6 is 0 Å². The number of rotatable bonds is 5. The van der Waals surface area contributed by atoms with E-state index in [0.29, 0.717) is 11.8 Å². The molecule has 1 N–H and O–H groups in total. The van der Waals surface area contributed by atoms with Crippen molar-refractivity contribution in [3.63, 3.8) is 0 Å². The van der Waals surface area contributed by atoms with Crippen molar-refractivity contribution in [2.75, 3.05) is 43.1 Å². The van der Waals surface area contributed by atoms with Gasteiger partial charge in [0.15, 0.2) is 0 Å². The lowest BCUT2D eigenvalue weighted by Crippen LogP contribution is -2.43. The molecule has 1 saturated heterocycles. The van der Waals surface area contributed by atoms with Gasteiger partial charge in [-0.2, -0.15) is 0 Å². The maximum absolute atomic E-state index is 13.1. The summed E-state index contributed by atoms with van der Waals surface area (Å²) in [5.41, 5.74) is 3.21. The van der Waals surface area contributed by atoms with Crippen molar-refractivity contribution in [3.8, 4) is 0 Å². The molecule has 3 unspecified atom stereocenters. The molecule has 0 spiro atoms. The van der Waals surface area contributed by atoms with Crippen molar-refractivity contribution in [2.24, 2.45) is 17.8 Å². The van der Waals surface area contributed by atoms with Crippen LogP contribution in [0, 0.1) is 24.7 Å². The van der Waals surface area contributed by atoms with Gasteiger partial charge in [0.2, 0.25) is 0 Å². The van der Waals surface area contributed by atoms with Crippen LogP contribution in [-0.2, 0) is 4.74 Å². The van der Waals surface area contributed by atoms with Crippen molar-refractivity contribution >= 4 is 17.4 Å². The first kappa shape index (κ1) is 19.3. The number of allylic oxidation sites excluding steroid dienone is 2. The lowest BCUT2D eigenvalue weighted by molar-refractivity contribution is 0.122. The number of ether oxygens (including phenoxy) is 1. The van der Waals surface area contributed by atoms with Gasteiger partial charge in [0.05, 0.1) is 13.2 Å². The second-order valence-electron chi connectivity index (χ2n) is 8.82. The Labute approximate surface area is 168 Å². The van der Waals surface area contributed by atoms with Crippen LogP contribution in [0.4, 0.5) is 16.2 Å². The number of fused-ring (bicyclic) bond motifs is 2. The van der Waals surface area contributed by atoms with Crippen LogP contribution in [0.5, 0.6) is 0 Å². The van der Waals surface area contributed by atoms with Gasteiger partial charge in [0.1, 0.15) is 0 Å². The second kappa shape index (κ2) is 8.16. The SMILES string of the molecule is Cc1cc(N2CCOCC2)ccc1NC(=O)N(CC1CC2C=CC1C2)C(C)C. The summed E-state index contributed by atoms with van der Waals surface area (Å²) in [5, 5.41) is 3.17. The highest BCUT2D eigenvalue weighted by atomic mass is 16.5. The fourth-order valence-corrected chi connectivity index (χ4v) is 4.88. The molecule has 1 saturated carbocycles. The van der Waals surface area contributed by atoms with Gasteiger partial charge in [0.25, 0.3) is 0 Å². The van der Waals surface area contributed by atoms with Gasteiger partial charge in [0, 0.05) is 37.1 Å². The molecule has 2 aliphatic carbocycles. The summed E-state index contributed by atoms with van der Waals surface area (Å²) < 4.78 is 5.44. The molecular weight excluding hydrogens is 350 g/mol. The summed E-state index contributed by atoms with van der Waals surface area (Å²) in [7, 11) is 0. The summed E-state index contributed by atoms with van der Waals surface area (Å²) >= 11 is 0. The topological polar surface area (TPSA) is 44.8 Å². The molecule has 1 aromatic rings. The molecule has 4 rings (SSSR count). The number of nitrogens with one attached hydrogen (secondary N) is 1. The number of urea groups is 1. The third-order valence-corrected chi connectivity index (χ3v) is 6.56. The minimum Gasteiger partial charge on any atom is -0.378 e. The fraction of sp³-hybridized carbons (Fsp3) is 0.609. The molecule has 1 aromatic carbocycles. The van der Waals surface area contributed by atoms with Gasteiger partial charge in [-0.3, -0.25) is 0 Å². The number of amides is 2. The van der Waals surface area contributed by atoms with E-state index in [4.69, 9.17) is 4.74 Å². The molecular formula is C23H33N3O2. The zero-order valence-electron chi connectivity index (χ0n) is 17.4. The maximum Gasteiger partial charge on any atom is 0.322 e. The molecule has 2 amide bonds. The summed E-state index contributed by atoms with van der Waals surface area (Å²) in [6, 6.07) is 6.52. The highest BCUT2D eigenvalue weighted by molar-refractivity contribution is 5.90. The van der Waals surface area contributed by atoms with E-state index in [-0.39, 0.29) is 12.1 Å². The largest absolute Gasteiger partial charge is 0.378 e. The van der Waals surface area contributed by atoms with Crippen LogP contribution in [0.3, 0.4) is 0 Å². The van der Waals surface area contributed by atoms with Crippen LogP contribution in [0.15, 0.2) is 30.4 Å². The van der Waals surface area contributed by atoms with Gasteiger partial charge in [-0.1, -0.05) is 12.2 Å². The Hall–Kier alpha value is -2.01. The minimum absolute atomic E-state index is 0.0176. The minimum atomic E-state index is 0.0176. The molecule has 1 heterocycles. The molecule has 152 valence electrons. The standard InChI is InChI=1S/C23H33N3O2/c1-16(2)26(15-20-14-18-4-5-19(20)13-18)23(27)24-22-7-6-21(12-17(22)3)25-8-10-28-11-9-25/h4-7,12,16,18-20H,8-11,13-15H2,1-3H3,(H,24,27). The van der Waals surface area contributed by atoms with E-state index in [1.54, 1.807) is 0 Å². The lowest BCUT2D eigenvalue weighted by atomic mass is 9.93. The number of hydrogen-bond acceptors (Lipinski definition) is 3. The predicted molar refractivity (Wildman–Crippen MR) is 114 cm³/mol. The van der Waals surface area contributed by atoms with E-state index >= 15 is 0 Å². The Morgan fingerprint density at radius 1 is 1.25 bits per heavy atom. The molecule has 5 nitrogen and oxygen atoms in total. The zero-order chi connectivity index (χ0) is 19.7. The van der Waals surface area contributed by atoms with Gasteiger partial charge in [-0.05, 0) is 75.1 Å². The third kappa shape index (κ3) is 4.04. The van der Waals surface area contributed by atoms with Gasteiger partial charge < -0.3 is 19.9 Å². The van der Waals surface area contributed by atoms with E-state index in [1.807, 2.05) is 11.0 Å². The Morgan fingerprint density at radius 3 is 2.64 bits per heavy atom. The number of anilines is 2. The van der Waals surface area contributed by atoms with Gasteiger partial charge in [-0.15, -0.1) is 0 Å². The molecule has 0 aromatic heterocycles. The molecule has 3 atom stereocenters. The number of benzene rings is 1. The highest BCUT2D eigenvalue weighted by Crippen LogP contribution is 2.43. The average molecular weight is 384 g/mol. The van der Waals surface area contributed by atoms with E-state index in [2.05, 4.69) is 55.3 Å². The van der Waals surface area contributed by atoms with Crippen molar-refractivity contribution in [3.05, 3.63) is 35.9 Å². The summed E-state index contributed by atoms with van der Waals surface area (Å²) in [4.78, 5) is 17.4. The first-order valence-corrected chi connectivity index (χ1v) is 10.7. The Balaban J connectivity index is 1.41. The first-order chi connectivity index (χ1) is 13.5. The Bertz CT molecular complexity index is 739. The van der Waals surface area contributed by atoms with E-state index in [9.17, 15) is 4.79 Å². The van der Waals surface area contributed by atoms with Gasteiger partial charge >= 0.3 is 6.03 Å². The first-order valence-electron chi connectivity index (χ1n) is 10.7. The quantitative estimate of drug-likeness (QED) is 0.772. The van der Waals surface area contributed by atoms with Crippen molar-refractivity contribution < 1.29 is 9.53 Å². The number of hydrogen-bond donors (Lipinski definition) is 1. The molecule has 3 aliphatic rings. The normalized spacial score (nSPS) is 26.1. The lowest BCUT2D eigenvalue weighted by Gasteiger charge is -2.32. The summed E-state index contributed by atoms with van der Waals surface area (Å²) in [6.45, 7) is 10.5. The van der Waals surface area contributed by atoms with Crippen LogP contribution in [0.25, 0.3) is 0 Å². The Morgan fingerprint density at radius 2 is 2.04 bits per heavy atom. The average Bonchev–Trinajstić information content (AvgIpc) is 3.31. The van der Waals surface area contributed by atoms with Crippen molar-refractivity contribution in [1.82, 2.24) is 4.90 Å². The summed E-state index contributed by atoms with van der Waals surface area (Å²) in [6.07, 6.45) is 7.23. The van der Waals surface area contributed by atoms with Crippen molar-refractivity contribution in [1.29, 1.82) is 0 Å². The third-order valence-electron chi connectivity index (χ3n) is 6.56. The maximum atomic E-state index is 13.1. The Kier molecular flexibility index (Phi) is 5.63. The number of carbonyl (C=O) groups is 1. The summed E-state index contributed by atoms with van der Waals surface area (Å²) in [5.74, 6) is 2.00. The van der Waals surface area contributed by atoms with E-state index < -0.39 is 0 Å². The molecule has 2 bridgehead atoms.